The lowest BCUT2D eigenvalue weighted by Gasteiger charge is -2.23. The van der Waals surface area contributed by atoms with Crippen molar-refractivity contribution in [2.75, 3.05) is 13.7 Å². The van der Waals surface area contributed by atoms with E-state index in [9.17, 15) is 13.2 Å². The Morgan fingerprint density at radius 1 is 1.32 bits per heavy atom. The van der Waals surface area contributed by atoms with Crippen molar-refractivity contribution in [3.63, 3.8) is 0 Å². The van der Waals surface area contributed by atoms with E-state index in [1.165, 1.54) is 19.2 Å². The molecule has 1 unspecified atom stereocenters. The number of nitrogens with one attached hydrogen (secondary N) is 2. The van der Waals surface area contributed by atoms with E-state index in [1.807, 2.05) is 0 Å². The van der Waals surface area contributed by atoms with Crippen LogP contribution in [0.4, 0.5) is 0 Å². The average Bonchev–Trinajstić information content (AvgIpc) is 2.41. The van der Waals surface area contributed by atoms with Gasteiger partial charge in [-0.15, -0.1) is 0 Å². The monoisotopic (exact) mass is 284 g/mol. The second kappa shape index (κ2) is 5.58. The number of hydrogen-bond acceptors (Lipinski definition) is 4. The Morgan fingerprint density at radius 3 is 2.53 bits per heavy atom. The first-order valence-electron chi connectivity index (χ1n) is 5.94. The van der Waals surface area contributed by atoms with Crippen molar-refractivity contribution in [3.05, 3.63) is 24.3 Å². The van der Waals surface area contributed by atoms with Crippen molar-refractivity contribution in [1.82, 2.24) is 10.0 Å². The summed E-state index contributed by atoms with van der Waals surface area (Å²) in [7, 11) is -2.04. The smallest absolute Gasteiger partial charge is 0.240 e. The maximum atomic E-state index is 12.1. The van der Waals surface area contributed by atoms with E-state index in [4.69, 9.17) is 4.74 Å². The van der Waals surface area contributed by atoms with E-state index in [0.717, 1.165) is 0 Å². The number of carbonyl (C=O) groups is 1. The SMILES string of the molecule is COc1ccc(S(=O)(=O)NC2CCC(=O)NC2)cc1. The molecule has 1 fully saturated rings. The Labute approximate surface area is 112 Å². The molecule has 1 aliphatic rings. The summed E-state index contributed by atoms with van der Waals surface area (Å²) in [4.78, 5) is 11.2. The Balaban J connectivity index is 2.06. The van der Waals surface area contributed by atoms with Gasteiger partial charge in [-0.25, -0.2) is 13.1 Å². The summed E-state index contributed by atoms with van der Waals surface area (Å²) in [6, 6.07) is 5.91. The molecule has 0 aromatic heterocycles. The van der Waals surface area contributed by atoms with Gasteiger partial charge < -0.3 is 10.1 Å². The quantitative estimate of drug-likeness (QED) is 0.830. The van der Waals surface area contributed by atoms with E-state index >= 15 is 0 Å². The van der Waals surface area contributed by atoms with Crippen LogP contribution in [0, 0.1) is 0 Å². The molecule has 1 amide bonds. The van der Waals surface area contributed by atoms with Crippen molar-refractivity contribution >= 4 is 15.9 Å². The van der Waals surface area contributed by atoms with Gasteiger partial charge in [0.2, 0.25) is 15.9 Å². The van der Waals surface area contributed by atoms with Gasteiger partial charge in [-0.05, 0) is 30.7 Å². The summed E-state index contributed by atoms with van der Waals surface area (Å²) in [5.41, 5.74) is 0. The van der Waals surface area contributed by atoms with Gasteiger partial charge in [0.15, 0.2) is 0 Å². The zero-order chi connectivity index (χ0) is 13.9. The van der Waals surface area contributed by atoms with Gasteiger partial charge in [0.1, 0.15) is 5.75 Å². The molecular formula is C12H16N2O4S. The van der Waals surface area contributed by atoms with Crippen molar-refractivity contribution in [2.45, 2.75) is 23.8 Å². The maximum absolute atomic E-state index is 12.1. The van der Waals surface area contributed by atoms with Crippen LogP contribution >= 0.6 is 0 Å². The largest absolute Gasteiger partial charge is 0.497 e. The van der Waals surface area contributed by atoms with Crippen molar-refractivity contribution in [1.29, 1.82) is 0 Å². The number of piperidine rings is 1. The number of rotatable bonds is 4. The minimum atomic E-state index is -3.56. The van der Waals surface area contributed by atoms with Crippen LogP contribution in [0.5, 0.6) is 5.75 Å². The van der Waals surface area contributed by atoms with Crippen LogP contribution in [0.3, 0.4) is 0 Å². The highest BCUT2D eigenvalue weighted by atomic mass is 32.2. The molecule has 0 aliphatic carbocycles. The Bertz CT molecular complexity index is 544. The van der Waals surface area contributed by atoms with Gasteiger partial charge in [-0.1, -0.05) is 0 Å². The van der Waals surface area contributed by atoms with Gasteiger partial charge in [0.05, 0.1) is 12.0 Å². The molecule has 2 rings (SSSR count). The molecule has 1 aliphatic heterocycles. The molecule has 7 heteroatoms. The zero-order valence-corrected chi connectivity index (χ0v) is 11.4. The number of methoxy groups -OCH3 is 1. The lowest BCUT2D eigenvalue weighted by molar-refractivity contribution is -0.122. The highest BCUT2D eigenvalue weighted by molar-refractivity contribution is 7.89. The van der Waals surface area contributed by atoms with Crippen LogP contribution in [0.1, 0.15) is 12.8 Å². The molecule has 0 saturated carbocycles. The molecule has 1 aromatic rings. The minimum Gasteiger partial charge on any atom is -0.497 e. The van der Waals surface area contributed by atoms with Crippen LogP contribution < -0.4 is 14.8 Å². The van der Waals surface area contributed by atoms with E-state index in [-0.39, 0.29) is 16.8 Å². The van der Waals surface area contributed by atoms with Gasteiger partial charge in [0.25, 0.3) is 0 Å². The molecule has 0 spiro atoms. The molecule has 1 atom stereocenters. The van der Waals surface area contributed by atoms with Crippen LogP contribution in [0.25, 0.3) is 0 Å². The highest BCUT2D eigenvalue weighted by Gasteiger charge is 2.24. The van der Waals surface area contributed by atoms with Gasteiger partial charge in [-0.3, -0.25) is 4.79 Å². The first-order chi connectivity index (χ1) is 9.01. The first kappa shape index (κ1) is 13.8. The van der Waals surface area contributed by atoms with Gasteiger partial charge in [-0.2, -0.15) is 0 Å². The Hall–Kier alpha value is -1.60. The topological polar surface area (TPSA) is 84.5 Å². The van der Waals surface area contributed by atoms with E-state index in [1.54, 1.807) is 12.1 Å². The fourth-order valence-electron chi connectivity index (χ4n) is 1.88. The number of carbonyl (C=O) groups excluding carboxylic acids is 1. The Morgan fingerprint density at radius 2 is 2.00 bits per heavy atom. The third-order valence-corrected chi connectivity index (χ3v) is 4.49. The molecule has 0 radical (unpaired) electrons. The number of ether oxygens (including phenoxy) is 1. The molecular weight excluding hydrogens is 268 g/mol. The molecule has 6 nitrogen and oxygen atoms in total. The molecule has 1 heterocycles. The summed E-state index contributed by atoms with van der Waals surface area (Å²) < 4.78 is 31.8. The van der Waals surface area contributed by atoms with Gasteiger partial charge >= 0.3 is 0 Å². The molecule has 104 valence electrons. The summed E-state index contributed by atoms with van der Waals surface area (Å²) >= 11 is 0. The Kier molecular flexibility index (Phi) is 4.06. The van der Waals surface area contributed by atoms with Gasteiger partial charge in [0, 0.05) is 19.0 Å². The normalized spacial score (nSPS) is 19.8. The van der Waals surface area contributed by atoms with Crippen molar-refractivity contribution in [3.8, 4) is 5.75 Å². The van der Waals surface area contributed by atoms with Crippen LogP contribution in [-0.2, 0) is 14.8 Å². The maximum Gasteiger partial charge on any atom is 0.240 e. The molecule has 2 N–H and O–H groups in total. The van der Waals surface area contributed by atoms with Crippen LogP contribution in [0.2, 0.25) is 0 Å². The van der Waals surface area contributed by atoms with Crippen LogP contribution in [0.15, 0.2) is 29.2 Å². The molecule has 0 bridgehead atoms. The third-order valence-electron chi connectivity index (χ3n) is 2.96. The van der Waals surface area contributed by atoms with Crippen molar-refractivity contribution < 1.29 is 17.9 Å². The number of hydrogen-bond donors (Lipinski definition) is 2. The predicted molar refractivity (Wildman–Crippen MR) is 69.3 cm³/mol. The van der Waals surface area contributed by atoms with E-state index < -0.39 is 10.0 Å². The molecule has 19 heavy (non-hydrogen) atoms. The molecule has 1 saturated heterocycles. The summed E-state index contributed by atoms with van der Waals surface area (Å²) in [5, 5.41) is 2.64. The number of sulfonamides is 1. The summed E-state index contributed by atoms with van der Waals surface area (Å²) in [6.07, 6.45) is 0.858. The standard InChI is InChI=1S/C12H16N2O4S/c1-18-10-3-5-11(6-4-10)19(16,17)14-9-2-7-12(15)13-8-9/h3-6,9,14H,2,7-8H2,1H3,(H,13,15). The highest BCUT2D eigenvalue weighted by Crippen LogP contribution is 2.16. The number of benzene rings is 1. The average molecular weight is 284 g/mol. The van der Waals surface area contributed by atoms with Crippen molar-refractivity contribution in [2.24, 2.45) is 0 Å². The fraction of sp³-hybridized carbons (Fsp3) is 0.417. The summed E-state index contributed by atoms with van der Waals surface area (Å²) in [5.74, 6) is 0.559. The lowest BCUT2D eigenvalue weighted by atomic mass is 10.1. The summed E-state index contributed by atoms with van der Waals surface area (Å²) in [6.45, 7) is 0.328. The molecule has 1 aromatic carbocycles. The number of amides is 1. The predicted octanol–water partition coefficient (Wildman–Crippen LogP) is 0.252. The minimum absolute atomic E-state index is 0.0418. The second-order valence-electron chi connectivity index (χ2n) is 4.34. The van der Waals surface area contributed by atoms with E-state index in [2.05, 4.69) is 10.0 Å². The van der Waals surface area contributed by atoms with Crippen LogP contribution in [-0.4, -0.2) is 34.0 Å². The van der Waals surface area contributed by atoms with E-state index in [0.29, 0.717) is 25.1 Å². The lowest BCUT2D eigenvalue weighted by Crippen LogP contribution is -2.47. The second-order valence-corrected chi connectivity index (χ2v) is 6.05. The third kappa shape index (κ3) is 3.45. The fourth-order valence-corrected chi connectivity index (χ4v) is 3.15. The zero-order valence-electron chi connectivity index (χ0n) is 10.5. The first-order valence-corrected chi connectivity index (χ1v) is 7.42.